The maximum Gasteiger partial charge on any atom is 0.274 e. The van der Waals surface area contributed by atoms with Crippen LogP contribution in [0.15, 0.2) is 6.20 Å². The predicted octanol–water partition coefficient (Wildman–Crippen LogP) is 2.05. The lowest BCUT2D eigenvalue weighted by atomic mass is 9.93. The molecule has 2 heterocycles. The second kappa shape index (κ2) is 4.79. The summed E-state index contributed by atoms with van der Waals surface area (Å²) in [5, 5.41) is 0. The van der Waals surface area contributed by atoms with E-state index >= 15 is 0 Å². The molecule has 0 spiro atoms. The highest BCUT2D eigenvalue weighted by Crippen LogP contribution is 2.30. The Kier molecular flexibility index (Phi) is 3.47. The van der Waals surface area contributed by atoms with E-state index in [4.69, 9.17) is 5.73 Å². The summed E-state index contributed by atoms with van der Waals surface area (Å²) in [6, 6.07) is 0. The highest BCUT2D eigenvalue weighted by molar-refractivity contribution is 5.97. The molecule has 1 amide bonds. The lowest BCUT2D eigenvalue weighted by Crippen LogP contribution is -2.32. The van der Waals surface area contributed by atoms with E-state index in [1.807, 2.05) is 18.7 Å². The molecule has 19 heavy (non-hydrogen) atoms. The molecule has 0 atom stereocenters. The molecule has 0 bridgehead atoms. The molecule has 1 fully saturated rings. The van der Waals surface area contributed by atoms with Crippen LogP contribution in [0, 0.1) is 5.41 Å². The van der Waals surface area contributed by atoms with E-state index in [1.165, 1.54) is 6.20 Å². The number of rotatable bonds is 2. The quantitative estimate of drug-likeness (QED) is 0.885. The summed E-state index contributed by atoms with van der Waals surface area (Å²) < 4.78 is 0. The molecule has 1 aromatic rings. The molecular formula is C14H22N4O. The van der Waals surface area contributed by atoms with Crippen molar-refractivity contribution in [3.8, 4) is 0 Å². The molecule has 0 radical (unpaired) electrons. The van der Waals surface area contributed by atoms with E-state index in [1.54, 1.807) is 0 Å². The fraction of sp³-hybridized carbons (Fsp3) is 0.643. The molecule has 0 aromatic carbocycles. The number of nitrogens with two attached hydrogens (primary N) is 1. The average molecular weight is 262 g/mol. The maximum atomic E-state index is 12.5. The molecule has 2 N–H and O–H groups in total. The standard InChI is InChI=1S/C14H22N4O/c1-9(2)12-16-7-10(15)11(17-12)13(19)18-6-5-14(3,4)8-18/h7,9H,5-6,8,15H2,1-4H3. The number of likely N-dealkylation sites (tertiary alicyclic amines) is 1. The van der Waals surface area contributed by atoms with Crippen LogP contribution >= 0.6 is 0 Å². The Morgan fingerprint density at radius 3 is 2.68 bits per heavy atom. The molecule has 5 nitrogen and oxygen atoms in total. The van der Waals surface area contributed by atoms with Gasteiger partial charge in [0.05, 0.1) is 11.9 Å². The van der Waals surface area contributed by atoms with Crippen molar-refractivity contribution >= 4 is 11.6 Å². The number of aromatic nitrogens is 2. The van der Waals surface area contributed by atoms with E-state index in [2.05, 4.69) is 23.8 Å². The molecule has 1 aromatic heterocycles. The number of nitrogens with zero attached hydrogens (tertiary/aromatic N) is 3. The summed E-state index contributed by atoms with van der Waals surface area (Å²) >= 11 is 0. The van der Waals surface area contributed by atoms with Crippen molar-refractivity contribution < 1.29 is 4.79 Å². The summed E-state index contributed by atoms with van der Waals surface area (Å²) in [5.74, 6) is 0.769. The first-order valence-electron chi connectivity index (χ1n) is 6.72. The van der Waals surface area contributed by atoms with Gasteiger partial charge in [-0.2, -0.15) is 0 Å². The van der Waals surface area contributed by atoms with Gasteiger partial charge < -0.3 is 10.6 Å². The van der Waals surface area contributed by atoms with Crippen LogP contribution in [-0.4, -0.2) is 33.9 Å². The average Bonchev–Trinajstić information content (AvgIpc) is 2.69. The van der Waals surface area contributed by atoms with E-state index < -0.39 is 0 Å². The van der Waals surface area contributed by atoms with Crippen LogP contribution in [0.4, 0.5) is 5.69 Å². The minimum absolute atomic E-state index is 0.0765. The first kappa shape index (κ1) is 13.8. The van der Waals surface area contributed by atoms with Crippen LogP contribution in [0.3, 0.4) is 0 Å². The van der Waals surface area contributed by atoms with Crippen molar-refractivity contribution in [1.82, 2.24) is 14.9 Å². The van der Waals surface area contributed by atoms with Crippen LogP contribution in [0.5, 0.6) is 0 Å². The Bertz CT molecular complexity index is 496. The number of carbonyl (C=O) groups is 1. The van der Waals surface area contributed by atoms with Crippen molar-refractivity contribution in [2.75, 3.05) is 18.8 Å². The number of hydrogen-bond acceptors (Lipinski definition) is 4. The molecule has 0 unspecified atom stereocenters. The predicted molar refractivity (Wildman–Crippen MR) is 74.8 cm³/mol. The van der Waals surface area contributed by atoms with Gasteiger partial charge in [0.15, 0.2) is 5.69 Å². The van der Waals surface area contributed by atoms with Gasteiger partial charge in [0, 0.05) is 19.0 Å². The first-order valence-corrected chi connectivity index (χ1v) is 6.72. The van der Waals surface area contributed by atoms with Crippen molar-refractivity contribution in [1.29, 1.82) is 0 Å². The molecule has 104 valence electrons. The highest BCUT2D eigenvalue weighted by Gasteiger charge is 2.33. The van der Waals surface area contributed by atoms with Gasteiger partial charge in [-0.3, -0.25) is 4.79 Å². The largest absolute Gasteiger partial charge is 0.396 e. The monoisotopic (exact) mass is 262 g/mol. The van der Waals surface area contributed by atoms with E-state index in [-0.39, 0.29) is 17.2 Å². The van der Waals surface area contributed by atoms with Gasteiger partial charge in [-0.25, -0.2) is 9.97 Å². The summed E-state index contributed by atoms with van der Waals surface area (Å²) in [6.45, 7) is 9.86. The molecule has 2 rings (SSSR count). The summed E-state index contributed by atoms with van der Waals surface area (Å²) in [7, 11) is 0. The Morgan fingerprint density at radius 2 is 2.16 bits per heavy atom. The SMILES string of the molecule is CC(C)c1ncc(N)c(C(=O)N2CCC(C)(C)C2)n1. The van der Waals surface area contributed by atoms with Crippen molar-refractivity contribution in [3.05, 3.63) is 17.7 Å². The summed E-state index contributed by atoms with van der Waals surface area (Å²) in [5.41, 5.74) is 6.74. The summed E-state index contributed by atoms with van der Waals surface area (Å²) in [6.07, 6.45) is 2.55. The van der Waals surface area contributed by atoms with Crippen LogP contribution in [0.1, 0.15) is 56.3 Å². The third kappa shape index (κ3) is 2.85. The van der Waals surface area contributed by atoms with Gasteiger partial charge in [0.25, 0.3) is 5.91 Å². The highest BCUT2D eigenvalue weighted by atomic mass is 16.2. The summed E-state index contributed by atoms with van der Waals surface area (Å²) in [4.78, 5) is 22.8. The van der Waals surface area contributed by atoms with Crippen LogP contribution < -0.4 is 5.73 Å². The maximum absolute atomic E-state index is 12.5. The topological polar surface area (TPSA) is 72.1 Å². The van der Waals surface area contributed by atoms with E-state index in [0.29, 0.717) is 17.2 Å². The van der Waals surface area contributed by atoms with E-state index in [9.17, 15) is 4.79 Å². The Balaban J connectivity index is 2.26. The van der Waals surface area contributed by atoms with Gasteiger partial charge >= 0.3 is 0 Å². The van der Waals surface area contributed by atoms with Crippen molar-refractivity contribution in [3.63, 3.8) is 0 Å². The molecule has 1 aliphatic heterocycles. The van der Waals surface area contributed by atoms with E-state index in [0.717, 1.165) is 19.5 Å². The van der Waals surface area contributed by atoms with Crippen molar-refractivity contribution in [2.45, 2.75) is 40.0 Å². The number of anilines is 1. The zero-order valence-corrected chi connectivity index (χ0v) is 12.1. The number of amides is 1. The first-order chi connectivity index (χ1) is 8.80. The second-order valence-electron chi connectivity index (χ2n) is 6.33. The lowest BCUT2D eigenvalue weighted by Gasteiger charge is -2.20. The lowest BCUT2D eigenvalue weighted by molar-refractivity contribution is 0.0773. The zero-order chi connectivity index (χ0) is 14.2. The number of carbonyl (C=O) groups excluding carboxylic acids is 1. The fourth-order valence-corrected chi connectivity index (χ4v) is 2.29. The van der Waals surface area contributed by atoms with Gasteiger partial charge in [-0.15, -0.1) is 0 Å². The molecule has 0 saturated carbocycles. The zero-order valence-electron chi connectivity index (χ0n) is 12.1. The normalized spacial score (nSPS) is 18.1. The van der Waals surface area contributed by atoms with Crippen LogP contribution in [0.25, 0.3) is 0 Å². The Morgan fingerprint density at radius 1 is 1.47 bits per heavy atom. The van der Waals surface area contributed by atoms with Gasteiger partial charge in [0.2, 0.25) is 0 Å². The fourth-order valence-electron chi connectivity index (χ4n) is 2.29. The third-order valence-corrected chi connectivity index (χ3v) is 3.52. The molecule has 1 saturated heterocycles. The molecule has 5 heteroatoms. The van der Waals surface area contributed by atoms with Gasteiger partial charge in [0.1, 0.15) is 5.82 Å². The third-order valence-electron chi connectivity index (χ3n) is 3.52. The Hall–Kier alpha value is -1.65. The van der Waals surface area contributed by atoms with Gasteiger partial charge in [-0.1, -0.05) is 27.7 Å². The van der Waals surface area contributed by atoms with Crippen LogP contribution in [-0.2, 0) is 0 Å². The number of hydrogen-bond donors (Lipinski definition) is 1. The number of nitrogen functional groups attached to an aromatic ring is 1. The smallest absolute Gasteiger partial charge is 0.274 e. The minimum atomic E-state index is -0.0765. The molecular weight excluding hydrogens is 240 g/mol. The van der Waals surface area contributed by atoms with Crippen LogP contribution in [0.2, 0.25) is 0 Å². The minimum Gasteiger partial charge on any atom is -0.396 e. The molecule has 1 aliphatic rings. The Labute approximate surface area is 114 Å². The van der Waals surface area contributed by atoms with Crippen molar-refractivity contribution in [2.24, 2.45) is 5.41 Å². The molecule has 0 aliphatic carbocycles. The second-order valence-corrected chi connectivity index (χ2v) is 6.33. The van der Waals surface area contributed by atoms with Gasteiger partial charge in [-0.05, 0) is 11.8 Å².